The number of hydrogen-bond acceptors (Lipinski definition) is 4. The van der Waals surface area contributed by atoms with Crippen LogP contribution in [0.5, 0.6) is 5.75 Å². The summed E-state index contributed by atoms with van der Waals surface area (Å²) in [6.07, 6.45) is 4.27. The topological polar surface area (TPSA) is 51.6 Å². The van der Waals surface area contributed by atoms with Crippen LogP contribution in [0.4, 0.5) is 5.69 Å². The zero-order valence-corrected chi connectivity index (χ0v) is 11.7. The Morgan fingerprint density at radius 2 is 2.15 bits per heavy atom. The first kappa shape index (κ1) is 13.1. The molecule has 0 aliphatic heterocycles. The Kier molecular flexibility index (Phi) is 3.65. The predicted molar refractivity (Wildman–Crippen MR) is 78.4 cm³/mol. The maximum atomic E-state index is 5.97. The number of benzene rings is 1. The second kappa shape index (κ2) is 5.59. The van der Waals surface area contributed by atoms with Gasteiger partial charge >= 0.3 is 0 Å². The number of ether oxygens (including phenoxy) is 1. The molecular weight excluding hydrogens is 252 g/mol. The minimum absolute atomic E-state index is 0.670. The van der Waals surface area contributed by atoms with Gasteiger partial charge in [0, 0.05) is 12.6 Å². The quantitative estimate of drug-likeness (QED) is 0.821. The van der Waals surface area contributed by atoms with Crippen molar-refractivity contribution in [3.8, 4) is 5.75 Å². The Balaban J connectivity index is 1.71. The second-order valence-electron chi connectivity index (χ2n) is 5.29. The van der Waals surface area contributed by atoms with Crippen LogP contribution in [-0.2, 0) is 13.1 Å². The summed E-state index contributed by atoms with van der Waals surface area (Å²) in [6, 6.07) is 10.6. The summed E-state index contributed by atoms with van der Waals surface area (Å²) in [5.74, 6) is 1.75. The summed E-state index contributed by atoms with van der Waals surface area (Å²) in [5, 5.41) is 0. The lowest BCUT2D eigenvalue weighted by atomic mass is 10.1. The minimum Gasteiger partial charge on any atom is -0.495 e. The van der Waals surface area contributed by atoms with Gasteiger partial charge in [0.25, 0.3) is 0 Å². The van der Waals surface area contributed by atoms with Gasteiger partial charge in [0.1, 0.15) is 11.5 Å². The average Bonchev–Trinajstić information content (AvgIpc) is 3.17. The molecule has 0 spiro atoms. The molecule has 1 saturated carbocycles. The van der Waals surface area contributed by atoms with Crippen LogP contribution in [0.1, 0.15) is 24.2 Å². The molecule has 0 atom stereocenters. The standard InChI is InChI=1S/C16H20N2O2/c1-19-16-7-4-12(9-15(16)17)10-18(13-5-6-13)11-14-3-2-8-20-14/h2-4,7-9,13H,5-6,10-11,17H2,1H3. The summed E-state index contributed by atoms with van der Waals surface area (Å²) in [7, 11) is 1.64. The molecule has 0 saturated heterocycles. The number of furan rings is 1. The highest BCUT2D eigenvalue weighted by atomic mass is 16.5. The van der Waals surface area contributed by atoms with Crippen LogP contribution in [0.25, 0.3) is 0 Å². The second-order valence-corrected chi connectivity index (χ2v) is 5.29. The van der Waals surface area contributed by atoms with E-state index in [4.69, 9.17) is 14.9 Å². The number of rotatable bonds is 6. The average molecular weight is 272 g/mol. The van der Waals surface area contributed by atoms with E-state index in [2.05, 4.69) is 11.0 Å². The van der Waals surface area contributed by atoms with Crippen LogP contribution >= 0.6 is 0 Å². The van der Waals surface area contributed by atoms with Gasteiger partial charge < -0.3 is 14.9 Å². The molecule has 3 rings (SSSR count). The molecule has 0 amide bonds. The van der Waals surface area contributed by atoms with Crippen molar-refractivity contribution in [1.82, 2.24) is 4.90 Å². The van der Waals surface area contributed by atoms with E-state index >= 15 is 0 Å². The SMILES string of the molecule is COc1ccc(CN(Cc2ccco2)C2CC2)cc1N. The third-order valence-electron chi connectivity index (χ3n) is 3.68. The third-order valence-corrected chi connectivity index (χ3v) is 3.68. The fraction of sp³-hybridized carbons (Fsp3) is 0.375. The molecule has 0 bridgehead atoms. The van der Waals surface area contributed by atoms with Crippen LogP contribution in [0.3, 0.4) is 0 Å². The number of nitrogens with two attached hydrogens (primary N) is 1. The first-order chi connectivity index (χ1) is 9.76. The zero-order chi connectivity index (χ0) is 13.9. The Labute approximate surface area is 119 Å². The summed E-state index contributed by atoms with van der Waals surface area (Å²) in [5.41, 5.74) is 7.88. The van der Waals surface area contributed by atoms with Crippen LogP contribution in [0.15, 0.2) is 41.0 Å². The maximum Gasteiger partial charge on any atom is 0.141 e. The van der Waals surface area contributed by atoms with Crippen LogP contribution < -0.4 is 10.5 Å². The van der Waals surface area contributed by atoms with Crippen molar-refractivity contribution < 1.29 is 9.15 Å². The molecule has 106 valence electrons. The fourth-order valence-electron chi connectivity index (χ4n) is 2.47. The number of nitrogens with zero attached hydrogens (tertiary/aromatic N) is 1. The molecule has 2 aromatic rings. The molecule has 1 fully saturated rings. The predicted octanol–water partition coefficient (Wildman–Crippen LogP) is 3.04. The van der Waals surface area contributed by atoms with Gasteiger partial charge in [-0.15, -0.1) is 0 Å². The van der Waals surface area contributed by atoms with Crippen molar-refractivity contribution in [2.75, 3.05) is 12.8 Å². The molecule has 4 heteroatoms. The van der Waals surface area contributed by atoms with Gasteiger partial charge in [-0.1, -0.05) is 6.07 Å². The highest BCUT2D eigenvalue weighted by molar-refractivity contribution is 5.54. The van der Waals surface area contributed by atoms with Gasteiger partial charge in [0.05, 0.1) is 25.6 Å². The smallest absolute Gasteiger partial charge is 0.141 e. The first-order valence-corrected chi connectivity index (χ1v) is 6.95. The van der Waals surface area contributed by atoms with Crippen molar-refractivity contribution in [2.45, 2.75) is 32.0 Å². The molecule has 0 unspecified atom stereocenters. The van der Waals surface area contributed by atoms with Gasteiger partial charge in [0.2, 0.25) is 0 Å². The van der Waals surface area contributed by atoms with E-state index in [1.54, 1.807) is 13.4 Å². The number of anilines is 1. The molecule has 0 radical (unpaired) electrons. The number of methoxy groups -OCH3 is 1. The van der Waals surface area contributed by atoms with E-state index in [-0.39, 0.29) is 0 Å². The molecule has 1 aromatic carbocycles. The molecule has 1 aromatic heterocycles. The van der Waals surface area contributed by atoms with E-state index in [0.717, 1.165) is 24.6 Å². The Morgan fingerprint density at radius 1 is 1.30 bits per heavy atom. The van der Waals surface area contributed by atoms with Crippen molar-refractivity contribution in [3.05, 3.63) is 47.9 Å². The molecule has 2 N–H and O–H groups in total. The largest absolute Gasteiger partial charge is 0.495 e. The van der Waals surface area contributed by atoms with Crippen molar-refractivity contribution in [3.63, 3.8) is 0 Å². The van der Waals surface area contributed by atoms with Gasteiger partial charge in [-0.3, -0.25) is 4.90 Å². The Morgan fingerprint density at radius 3 is 2.75 bits per heavy atom. The van der Waals surface area contributed by atoms with Gasteiger partial charge in [-0.25, -0.2) is 0 Å². The summed E-state index contributed by atoms with van der Waals surface area (Å²) in [6.45, 7) is 1.74. The molecule has 1 heterocycles. The van der Waals surface area contributed by atoms with Crippen molar-refractivity contribution in [2.24, 2.45) is 0 Å². The third kappa shape index (κ3) is 2.96. The molecular formula is C16H20N2O2. The van der Waals surface area contributed by atoms with E-state index in [1.807, 2.05) is 24.3 Å². The highest BCUT2D eigenvalue weighted by Gasteiger charge is 2.29. The molecule has 1 aliphatic rings. The Hall–Kier alpha value is -1.94. The minimum atomic E-state index is 0.670. The van der Waals surface area contributed by atoms with Crippen LogP contribution in [-0.4, -0.2) is 18.1 Å². The lowest BCUT2D eigenvalue weighted by Crippen LogP contribution is -2.24. The lowest BCUT2D eigenvalue weighted by molar-refractivity contribution is 0.225. The molecule has 20 heavy (non-hydrogen) atoms. The van der Waals surface area contributed by atoms with Gasteiger partial charge in [0.15, 0.2) is 0 Å². The molecule has 4 nitrogen and oxygen atoms in total. The molecule has 1 aliphatic carbocycles. The zero-order valence-electron chi connectivity index (χ0n) is 11.7. The highest BCUT2D eigenvalue weighted by Crippen LogP contribution is 2.31. The fourth-order valence-corrected chi connectivity index (χ4v) is 2.47. The summed E-state index contributed by atoms with van der Waals surface area (Å²) < 4.78 is 10.6. The summed E-state index contributed by atoms with van der Waals surface area (Å²) >= 11 is 0. The van der Waals surface area contributed by atoms with Crippen molar-refractivity contribution in [1.29, 1.82) is 0 Å². The van der Waals surface area contributed by atoms with E-state index in [9.17, 15) is 0 Å². The maximum absolute atomic E-state index is 5.97. The van der Waals surface area contributed by atoms with Crippen molar-refractivity contribution >= 4 is 5.69 Å². The number of hydrogen-bond donors (Lipinski definition) is 1. The monoisotopic (exact) mass is 272 g/mol. The van der Waals surface area contributed by atoms with Crippen LogP contribution in [0.2, 0.25) is 0 Å². The lowest BCUT2D eigenvalue weighted by Gasteiger charge is -2.21. The Bertz CT molecular complexity index is 562. The number of nitrogen functional groups attached to an aromatic ring is 1. The normalized spacial score (nSPS) is 14.7. The van der Waals surface area contributed by atoms with Gasteiger partial charge in [-0.2, -0.15) is 0 Å². The van der Waals surface area contributed by atoms with Crippen LogP contribution in [0, 0.1) is 0 Å². The first-order valence-electron chi connectivity index (χ1n) is 6.95. The van der Waals surface area contributed by atoms with E-state index in [1.165, 1.54) is 18.4 Å². The van der Waals surface area contributed by atoms with Gasteiger partial charge in [-0.05, 0) is 42.7 Å². The summed E-state index contributed by atoms with van der Waals surface area (Å²) in [4.78, 5) is 2.44. The van der Waals surface area contributed by atoms with E-state index in [0.29, 0.717) is 11.7 Å². The van der Waals surface area contributed by atoms with E-state index < -0.39 is 0 Å².